The predicted octanol–water partition coefficient (Wildman–Crippen LogP) is 4.67. The molecule has 10 heteroatoms. The van der Waals surface area contributed by atoms with Crippen molar-refractivity contribution in [1.82, 2.24) is 4.90 Å². The molecule has 0 aromatic heterocycles. The highest BCUT2D eigenvalue weighted by Crippen LogP contribution is 2.62. The molecule has 5 rings (SSSR count). The zero-order valence-corrected chi connectivity index (χ0v) is 20.3. The van der Waals surface area contributed by atoms with Crippen LogP contribution in [0.5, 0.6) is 0 Å². The van der Waals surface area contributed by atoms with Crippen LogP contribution in [0.1, 0.15) is 42.9 Å². The van der Waals surface area contributed by atoms with Crippen LogP contribution < -0.4 is 4.90 Å². The second kappa shape index (κ2) is 8.64. The molecule has 4 atom stereocenters. The number of fused-ring (bicyclic) bond motifs is 5. The first kappa shape index (κ1) is 25.4. The van der Waals surface area contributed by atoms with Gasteiger partial charge >= 0.3 is 6.18 Å². The van der Waals surface area contributed by atoms with Crippen molar-refractivity contribution >= 4 is 17.5 Å². The Hall–Kier alpha value is -3.29. The van der Waals surface area contributed by atoms with Crippen molar-refractivity contribution < 1.29 is 31.9 Å². The fourth-order valence-electron chi connectivity index (χ4n) is 6.23. The summed E-state index contributed by atoms with van der Waals surface area (Å²) in [7, 11) is 1.89. The molecule has 37 heavy (non-hydrogen) atoms. The van der Waals surface area contributed by atoms with E-state index in [0.717, 1.165) is 16.5 Å². The third-order valence-corrected chi connectivity index (χ3v) is 7.98. The van der Waals surface area contributed by atoms with Crippen molar-refractivity contribution in [3.63, 3.8) is 0 Å². The van der Waals surface area contributed by atoms with Crippen LogP contribution in [0.4, 0.5) is 23.2 Å². The lowest BCUT2D eigenvalue weighted by Crippen LogP contribution is -2.44. The standard InChI is InChI=1S/C27H25F4N3O3/c1-25-9-10-26(37-25,11-12-33(2)15-16-3-6-18(28)7-4-16)22-21(25)23(35)34(24(22)36)19-8-5-17(14-32)20(13-19)27(29,30)31/h3-8,13,21-22H,9-12,15H2,1-2H3/t21-,22+,25?,26?/m1/s1. The van der Waals surface area contributed by atoms with Gasteiger partial charge in [0.2, 0.25) is 11.8 Å². The molecule has 0 spiro atoms. The van der Waals surface area contributed by atoms with E-state index in [1.54, 1.807) is 19.1 Å². The summed E-state index contributed by atoms with van der Waals surface area (Å²) in [5, 5.41) is 9.09. The molecule has 2 amide bonds. The number of anilines is 1. The van der Waals surface area contributed by atoms with Gasteiger partial charge in [0.05, 0.1) is 45.9 Å². The zero-order valence-electron chi connectivity index (χ0n) is 20.3. The zero-order chi connectivity index (χ0) is 26.8. The minimum absolute atomic E-state index is 0.192. The van der Waals surface area contributed by atoms with Gasteiger partial charge in [-0.15, -0.1) is 0 Å². The van der Waals surface area contributed by atoms with E-state index in [1.165, 1.54) is 24.3 Å². The van der Waals surface area contributed by atoms with Crippen LogP contribution in [0.25, 0.3) is 0 Å². The number of amides is 2. The number of hydrogen-bond acceptors (Lipinski definition) is 5. The molecular weight excluding hydrogens is 490 g/mol. The van der Waals surface area contributed by atoms with E-state index >= 15 is 0 Å². The Morgan fingerprint density at radius 1 is 1.11 bits per heavy atom. The van der Waals surface area contributed by atoms with Gasteiger partial charge in [0.1, 0.15) is 5.82 Å². The maximum atomic E-state index is 13.6. The Kier molecular flexibility index (Phi) is 5.92. The highest BCUT2D eigenvalue weighted by molar-refractivity contribution is 6.23. The second-order valence-corrected chi connectivity index (χ2v) is 10.4. The molecule has 3 aliphatic heterocycles. The summed E-state index contributed by atoms with van der Waals surface area (Å²) in [6.45, 7) is 2.87. The Balaban J connectivity index is 1.40. The molecule has 2 unspecified atom stereocenters. The third-order valence-electron chi connectivity index (χ3n) is 7.98. The van der Waals surface area contributed by atoms with E-state index in [4.69, 9.17) is 10.00 Å². The molecule has 3 saturated heterocycles. The Morgan fingerprint density at radius 3 is 2.43 bits per heavy atom. The topological polar surface area (TPSA) is 73.6 Å². The molecule has 2 aromatic carbocycles. The van der Waals surface area contributed by atoms with Gasteiger partial charge in [-0.25, -0.2) is 9.29 Å². The monoisotopic (exact) mass is 515 g/mol. The van der Waals surface area contributed by atoms with Crippen LogP contribution in [0.3, 0.4) is 0 Å². The molecule has 6 nitrogen and oxygen atoms in total. The van der Waals surface area contributed by atoms with Crippen molar-refractivity contribution in [2.45, 2.75) is 50.1 Å². The van der Waals surface area contributed by atoms with Gasteiger partial charge in [0.25, 0.3) is 0 Å². The molecular formula is C27H25F4N3O3. The number of imide groups is 1. The number of ether oxygens (including phenoxy) is 1. The van der Waals surface area contributed by atoms with Crippen LogP contribution in [-0.2, 0) is 27.0 Å². The molecule has 3 heterocycles. The highest BCUT2D eigenvalue weighted by Gasteiger charge is 2.73. The molecule has 0 radical (unpaired) electrons. The van der Waals surface area contributed by atoms with Crippen LogP contribution in [-0.4, -0.2) is 41.5 Å². The van der Waals surface area contributed by atoms with Crippen LogP contribution in [0, 0.1) is 29.0 Å². The number of rotatable bonds is 6. The fraction of sp³-hybridized carbons (Fsp3) is 0.444. The molecule has 194 valence electrons. The Labute approximate surface area is 211 Å². The maximum Gasteiger partial charge on any atom is 0.417 e. The van der Waals surface area contributed by atoms with E-state index < -0.39 is 52.2 Å². The molecule has 2 aromatic rings. The Morgan fingerprint density at radius 2 is 1.78 bits per heavy atom. The van der Waals surface area contributed by atoms with Gasteiger partial charge in [-0.3, -0.25) is 9.59 Å². The minimum Gasteiger partial charge on any atom is -0.367 e. The average molecular weight is 516 g/mol. The molecule has 3 aliphatic rings. The van der Waals surface area contributed by atoms with E-state index in [9.17, 15) is 27.2 Å². The number of nitriles is 1. The van der Waals surface area contributed by atoms with E-state index in [0.29, 0.717) is 38.4 Å². The smallest absolute Gasteiger partial charge is 0.367 e. The predicted molar refractivity (Wildman–Crippen MR) is 124 cm³/mol. The lowest BCUT2D eigenvalue weighted by atomic mass is 9.67. The SMILES string of the molecule is CN(CCC12CCC(C)(O1)[C@H]1C(=O)N(c3ccc(C#N)c(C(F)(F)F)c3)C(=O)[C@H]12)Cc1ccc(F)cc1. The number of carbonyl (C=O) groups excluding carboxylic acids is 2. The fourth-order valence-corrected chi connectivity index (χ4v) is 6.23. The van der Waals surface area contributed by atoms with E-state index in [1.807, 2.05) is 11.9 Å². The second-order valence-electron chi connectivity index (χ2n) is 10.4. The quantitative estimate of drug-likeness (QED) is 0.413. The number of hydrogen-bond donors (Lipinski definition) is 0. The average Bonchev–Trinajstić information content (AvgIpc) is 3.43. The summed E-state index contributed by atoms with van der Waals surface area (Å²) in [4.78, 5) is 30.0. The summed E-state index contributed by atoms with van der Waals surface area (Å²) in [6.07, 6.45) is -3.24. The molecule has 0 aliphatic carbocycles. The van der Waals surface area contributed by atoms with Gasteiger partial charge < -0.3 is 9.64 Å². The number of benzene rings is 2. The molecule has 2 bridgehead atoms. The van der Waals surface area contributed by atoms with Crippen molar-refractivity contribution in [2.75, 3.05) is 18.5 Å². The summed E-state index contributed by atoms with van der Waals surface area (Å²) in [5.74, 6) is -3.06. The maximum absolute atomic E-state index is 13.6. The number of carbonyl (C=O) groups is 2. The first-order valence-electron chi connectivity index (χ1n) is 12.0. The summed E-state index contributed by atoms with van der Waals surface area (Å²) in [5.41, 5.74) is -2.83. The van der Waals surface area contributed by atoms with Gasteiger partial charge in [-0.2, -0.15) is 18.4 Å². The molecule has 0 N–H and O–H groups in total. The van der Waals surface area contributed by atoms with Gasteiger partial charge in [-0.1, -0.05) is 12.1 Å². The molecule has 3 fully saturated rings. The first-order valence-corrected chi connectivity index (χ1v) is 12.0. The highest BCUT2D eigenvalue weighted by atomic mass is 19.4. The normalized spacial score (nSPS) is 28.8. The number of nitrogens with zero attached hydrogens (tertiary/aromatic N) is 3. The minimum atomic E-state index is -4.81. The van der Waals surface area contributed by atoms with Gasteiger partial charge in [0.15, 0.2) is 0 Å². The number of alkyl halides is 3. The summed E-state index contributed by atoms with van der Waals surface area (Å²) < 4.78 is 60.3. The molecule has 0 saturated carbocycles. The van der Waals surface area contributed by atoms with Crippen molar-refractivity contribution in [3.8, 4) is 6.07 Å². The van der Waals surface area contributed by atoms with Crippen molar-refractivity contribution in [2.24, 2.45) is 11.8 Å². The van der Waals surface area contributed by atoms with E-state index in [2.05, 4.69) is 0 Å². The van der Waals surface area contributed by atoms with Gasteiger partial charge in [-0.05, 0) is 69.1 Å². The van der Waals surface area contributed by atoms with Gasteiger partial charge in [0, 0.05) is 13.1 Å². The van der Waals surface area contributed by atoms with Crippen LogP contribution >= 0.6 is 0 Å². The van der Waals surface area contributed by atoms with E-state index in [-0.39, 0.29) is 11.5 Å². The van der Waals surface area contributed by atoms with Crippen LogP contribution in [0.2, 0.25) is 0 Å². The largest absolute Gasteiger partial charge is 0.417 e. The summed E-state index contributed by atoms with van der Waals surface area (Å²) >= 11 is 0. The Bertz CT molecular complexity index is 1310. The lowest BCUT2D eigenvalue weighted by molar-refractivity contribution is -0.138. The van der Waals surface area contributed by atoms with Crippen molar-refractivity contribution in [1.29, 1.82) is 5.26 Å². The van der Waals surface area contributed by atoms with Crippen molar-refractivity contribution in [3.05, 3.63) is 65.0 Å². The van der Waals surface area contributed by atoms with Crippen LogP contribution in [0.15, 0.2) is 42.5 Å². The first-order chi connectivity index (χ1) is 17.4. The lowest BCUT2D eigenvalue weighted by Gasteiger charge is -2.32. The number of halogens is 4. The summed E-state index contributed by atoms with van der Waals surface area (Å²) in [6, 6.07) is 10.6. The third kappa shape index (κ3) is 4.10.